The van der Waals surface area contributed by atoms with Gasteiger partial charge in [-0.15, -0.1) is 11.3 Å². The molecule has 27 heavy (non-hydrogen) atoms. The number of hydrogen-bond acceptors (Lipinski definition) is 4. The molecule has 1 unspecified atom stereocenters. The minimum atomic E-state index is -0.555. The van der Waals surface area contributed by atoms with Crippen LogP contribution in [0.5, 0.6) is 0 Å². The first kappa shape index (κ1) is 21.2. The molecule has 1 heterocycles. The maximum atomic E-state index is 14.2. The van der Waals surface area contributed by atoms with Crippen LogP contribution in [0, 0.1) is 18.6 Å². The molecule has 0 spiro atoms. The predicted octanol–water partition coefficient (Wildman–Crippen LogP) is 3.43. The number of aromatic nitrogens is 1. The smallest absolute Gasteiger partial charge is 0.194 e. The summed E-state index contributed by atoms with van der Waals surface area (Å²) in [6, 6.07) is 3.42. The van der Waals surface area contributed by atoms with Crippen LogP contribution in [0.4, 0.5) is 8.78 Å². The number of aryl methyl sites for hydroxylation is 1. The highest BCUT2D eigenvalue weighted by Crippen LogP contribution is 2.25. The second-order valence-corrected chi connectivity index (χ2v) is 7.59. The minimum absolute atomic E-state index is 0.0416. The lowest BCUT2D eigenvalue weighted by molar-refractivity contribution is 0.289. The summed E-state index contributed by atoms with van der Waals surface area (Å²) in [5.41, 5.74) is 1.01. The number of aliphatic imine (C=N–C) groups is 1. The number of rotatable bonds is 7. The first-order valence-electron chi connectivity index (χ1n) is 8.84. The van der Waals surface area contributed by atoms with Crippen molar-refractivity contribution in [2.45, 2.75) is 26.4 Å². The highest BCUT2D eigenvalue weighted by molar-refractivity contribution is 7.09. The van der Waals surface area contributed by atoms with E-state index < -0.39 is 17.7 Å². The SMILES string of the molecule is CCNC(=NCC(c1c(F)cccc1F)N(C)C)N(C)Cc1csc(C)n1. The fourth-order valence-corrected chi connectivity index (χ4v) is 3.39. The number of guanidine groups is 1. The minimum Gasteiger partial charge on any atom is -0.357 e. The molecule has 0 radical (unpaired) electrons. The van der Waals surface area contributed by atoms with Crippen LogP contribution < -0.4 is 5.32 Å². The molecule has 2 aromatic rings. The summed E-state index contributed by atoms with van der Waals surface area (Å²) in [4.78, 5) is 12.8. The number of nitrogens with one attached hydrogen (secondary N) is 1. The van der Waals surface area contributed by atoms with Gasteiger partial charge in [-0.3, -0.25) is 4.99 Å². The Kier molecular flexibility index (Phi) is 7.67. The average Bonchev–Trinajstić information content (AvgIpc) is 3.00. The third-order valence-electron chi connectivity index (χ3n) is 4.13. The van der Waals surface area contributed by atoms with Gasteiger partial charge in [-0.25, -0.2) is 13.8 Å². The molecule has 0 saturated heterocycles. The number of likely N-dealkylation sites (N-methyl/N-ethyl adjacent to an activating group) is 1. The van der Waals surface area contributed by atoms with Crippen molar-refractivity contribution in [3.05, 3.63) is 51.5 Å². The van der Waals surface area contributed by atoms with Crippen LogP contribution in [0.2, 0.25) is 0 Å². The van der Waals surface area contributed by atoms with Gasteiger partial charge >= 0.3 is 0 Å². The molecular weight excluding hydrogens is 368 g/mol. The molecule has 8 heteroatoms. The van der Waals surface area contributed by atoms with E-state index in [0.29, 0.717) is 19.0 Å². The number of nitrogens with zero attached hydrogens (tertiary/aromatic N) is 4. The summed E-state index contributed by atoms with van der Waals surface area (Å²) < 4.78 is 28.5. The van der Waals surface area contributed by atoms with Gasteiger partial charge in [-0.2, -0.15) is 0 Å². The summed E-state index contributed by atoms with van der Waals surface area (Å²) >= 11 is 1.61. The molecule has 0 aliphatic carbocycles. The van der Waals surface area contributed by atoms with Crippen molar-refractivity contribution >= 4 is 17.3 Å². The average molecular weight is 396 g/mol. The van der Waals surface area contributed by atoms with Crippen LogP contribution in [0.15, 0.2) is 28.6 Å². The predicted molar refractivity (Wildman–Crippen MR) is 107 cm³/mol. The second-order valence-electron chi connectivity index (χ2n) is 6.52. The number of halogens is 2. The Hall–Kier alpha value is -2.06. The van der Waals surface area contributed by atoms with Gasteiger partial charge in [-0.05, 0) is 40.1 Å². The maximum absolute atomic E-state index is 14.2. The van der Waals surface area contributed by atoms with E-state index in [2.05, 4.69) is 15.3 Å². The Morgan fingerprint density at radius 2 is 1.93 bits per heavy atom. The molecule has 0 bridgehead atoms. The zero-order valence-electron chi connectivity index (χ0n) is 16.5. The largest absolute Gasteiger partial charge is 0.357 e. The zero-order valence-corrected chi connectivity index (χ0v) is 17.3. The van der Waals surface area contributed by atoms with E-state index >= 15 is 0 Å². The van der Waals surface area contributed by atoms with Crippen molar-refractivity contribution in [2.75, 3.05) is 34.2 Å². The maximum Gasteiger partial charge on any atom is 0.194 e. The molecule has 0 amide bonds. The van der Waals surface area contributed by atoms with Gasteiger partial charge in [0.1, 0.15) is 11.6 Å². The van der Waals surface area contributed by atoms with Crippen molar-refractivity contribution in [1.29, 1.82) is 0 Å². The van der Waals surface area contributed by atoms with Gasteiger partial charge in [-0.1, -0.05) is 6.07 Å². The molecular formula is C19H27F2N5S. The van der Waals surface area contributed by atoms with E-state index in [9.17, 15) is 8.78 Å². The molecule has 1 atom stereocenters. The Bertz CT molecular complexity index is 755. The lowest BCUT2D eigenvalue weighted by Crippen LogP contribution is -2.39. The zero-order chi connectivity index (χ0) is 20.0. The quantitative estimate of drug-likeness (QED) is 0.576. The summed E-state index contributed by atoms with van der Waals surface area (Å²) in [5.74, 6) is -0.438. The van der Waals surface area contributed by atoms with Gasteiger partial charge in [0, 0.05) is 24.5 Å². The highest BCUT2D eigenvalue weighted by atomic mass is 32.1. The van der Waals surface area contributed by atoms with Gasteiger partial charge in [0.15, 0.2) is 5.96 Å². The fourth-order valence-electron chi connectivity index (χ4n) is 2.78. The first-order valence-corrected chi connectivity index (χ1v) is 9.72. The number of benzene rings is 1. The number of thiazole rings is 1. The monoisotopic (exact) mass is 395 g/mol. The van der Waals surface area contributed by atoms with Crippen LogP contribution in [0.1, 0.15) is 29.2 Å². The van der Waals surface area contributed by atoms with Crippen LogP contribution >= 0.6 is 11.3 Å². The Balaban J connectivity index is 2.22. The van der Waals surface area contributed by atoms with Crippen LogP contribution in [-0.2, 0) is 6.54 Å². The molecule has 1 N–H and O–H groups in total. The summed E-state index contributed by atoms with van der Waals surface area (Å²) in [5, 5.41) is 6.27. The van der Waals surface area contributed by atoms with Gasteiger partial charge < -0.3 is 15.1 Å². The first-order chi connectivity index (χ1) is 12.8. The van der Waals surface area contributed by atoms with Crippen LogP contribution in [0.3, 0.4) is 0 Å². The van der Waals surface area contributed by atoms with Crippen LogP contribution in [0.25, 0.3) is 0 Å². The third kappa shape index (κ3) is 5.71. The van der Waals surface area contributed by atoms with Crippen molar-refractivity contribution in [3.63, 3.8) is 0 Å². The lowest BCUT2D eigenvalue weighted by Gasteiger charge is -2.26. The number of hydrogen-bond donors (Lipinski definition) is 1. The topological polar surface area (TPSA) is 43.8 Å². The van der Waals surface area contributed by atoms with E-state index in [1.807, 2.05) is 31.2 Å². The van der Waals surface area contributed by atoms with E-state index in [-0.39, 0.29) is 12.1 Å². The standard InChI is InChI=1S/C19H27F2N5S/c1-6-22-19(26(5)11-14-12-27-13(2)24-14)23-10-17(25(3)4)18-15(20)8-7-9-16(18)21/h7-9,12,17H,6,10-11H2,1-5H3,(H,22,23). The molecule has 1 aromatic heterocycles. The summed E-state index contributed by atoms with van der Waals surface area (Å²) in [7, 11) is 5.51. The molecule has 0 aliphatic rings. The van der Waals surface area contributed by atoms with E-state index in [4.69, 9.17) is 0 Å². The second kappa shape index (κ2) is 9.75. The van der Waals surface area contributed by atoms with Crippen molar-refractivity contribution in [2.24, 2.45) is 4.99 Å². The van der Waals surface area contributed by atoms with E-state index in [1.165, 1.54) is 18.2 Å². The molecule has 0 saturated carbocycles. The molecule has 5 nitrogen and oxygen atoms in total. The Labute approximate surface area is 163 Å². The third-order valence-corrected chi connectivity index (χ3v) is 4.95. The van der Waals surface area contributed by atoms with Crippen molar-refractivity contribution < 1.29 is 8.78 Å². The summed E-state index contributed by atoms with van der Waals surface area (Å²) in [6.07, 6.45) is 0. The van der Waals surface area contributed by atoms with E-state index in [0.717, 1.165) is 10.7 Å². The lowest BCUT2D eigenvalue weighted by atomic mass is 10.0. The van der Waals surface area contributed by atoms with Crippen molar-refractivity contribution in [3.8, 4) is 0 Å². The van der Waals surface area contributed by atoms with Gasteiger partial charge in [0.05, 0.1) is 29.8 Å². The molecule has 148 valence electrons. The van der Waals surface area contributed by atoms with Crippen molar-refractivity contribution in [1.82, 2.24) is 20.1 Å². The van der Waals surface area contributed by atoms with Crippen LogP contribution in [-0.4, -0.2) is 55.0 Å². The fraction of sp³-hybridized carbons (Fsp3) is 0.474. The van der Waals surface area contributed by atoms with E-state index in [1.54, 1.807) is 30.3 Å². The highest BCUT2D eigenvalue weighted by Gasteiger charge is 2.22. The molecule has 0 aliphatic heterocycles. The molecule has 1 aromatic carbocycles. The molecule has 2 rings (SSSR count). The van der Waals surface area contributed by atoms with Gasteiger partial charge in [0.2, 0.25) is 0 Å². The Morgan fingerprint density at radius 3 is 2.44 bits per heavy atom. The van der Waals surface area contributed by atoms with Gasteiger partial charge in [0.25, 0.3) is 0 Å². The summed E-state index contributed by atoms with van der Waals surface area (Å²) in [6.45, 7) is 5.48. The Morgan fingerprint density at radius 1 is 1.26 bits per heavy atom. The normalized spacial score (nSPS) is 13.1. The molecule has 0 fully saturated rings.